The zero-order chi connectivity index (χ0) is 24.2. The van der Waals surface area contributed by atoms with Crippen molar-refractivity contribution in [2.45, 2.75) is 38.6 Å². The van der Waals surface area contributed by atoms with Crippen molar-refractivity contribution in [3.05, 3.63) is 88.5 Å². The van der Waals surface area contributed by atoms with Crippen LogP contribution in [0.3, 0.4) is 0 Å². The zero-order valence-corrected chi connectivity index (χ0v) is 19.6. The van der Waals surface area contributed by atoms with E-state index in [1.807, 2.05) is 30.3 Å². The summed E-state index contributed by atoms with van der Waals surface area (Å²) >= 11 is 0. The van der Waals surface area contributed by atoms with Gasteiger partial charge in [0, 0.05) is 44.4 Å². The number of nitrogens with one attached hydrogen (secondary N) is 1. The number of rotatable bonds is 7. The quantitative estimate of drug-likeness (QED) is 0.483. The fourth-order valence-corrected chi connectivity index (χ4v) is 4.66. The number of ether oxygens (including phenoxy) is 2. The van der Waals surface area contributed by atoms with E-state index in [4.69, 9.17) is 9.47 Å². The van der Waals surface area contributed by atoms with E-state index < -0.39 is 0 Å². The van der Waals surface area contributed by atoms with Crippen molar-refractivity contribution in [3.63, 3.8) is 0 Å². The maximum absolute atomic E-state index is 13.5. The maximum atomic E-state index is 13.5. The molecule has 2 aliphatic heterocycles. The molecule has 7 nitrogen and oxygen atoms in total. The lowest BCUT2D eigenvalue weighted by Gasteiger charge is -2.30. The van der Waals surface area contributed by atoms with E-state index in [1.165, 1.54) is 23.3 Å². The summed E-state index contributed by atoms with van der Waals surface area (Å²) in [7, 11) is 0. The van der Waals surface area contributed by atoms with Crippen LogP contribution in [-0.4, -0.2) is 46.8 Å². The fourth-order valence-electron chi connectivity index (χ4n) is 4.66. The van der Waals surface area contributed by atoms with Gasteiger partial charge in [0.1, 0.15) is 29.4 Å². The number of aromatic hydroxyl groups is 2. The first kappa shape index (κ1) is 23.2. The predicted octanol–water partition coefficient (Wildman–Crippen LogP) is 3.75. The molecule has 0 spiro atoms. The van der Waals surface area contributed by atoms with Gasteiger partial charge in [0.2, 0.25) is 0 Å². The summed E-state index contributed by atoms with van der Waals surface area (Å²) in [5.41, 5.74) is 4.51. The molecule has 0 aliphatic carbocycles. The van der Waals surface area contributed by atoms with Gasteiger partial charge < -0.3 is 29.9 Å². The Hall–Kier alpha value is -3.55. The summed E-state index contributed by atoms with van der Waals surface area (Å²) < 4.78 is 11.3. The van der Waals surface area contributed by atoms with Crippen LogP contribution < -0.4 is 10.1 Å². The van der Waals surface area contributed by atoms with E-state index in [2.05, 4.69) is 23.5 Å². The van der Waals surface area contributed by atoms with Gasteiger partial charge in [0.05, 0.1) is 6.61 Å². The molecule has 0 radical (unpaired) electrons. The van der Waals surface area contributed by atoms with Crippen LogP contribution in [0.25, 0.3) is 0 Å². The Kier molecular flexibility index (Phi) is 6.88. The number of hydrogen-bond donors (Lipinski definition) is 3. The lowest BCUT2D eigenvalue weighted by atomic mass is 9.96. The molecule has 1 fully saturated rings. The molecule has 7 heteroatoms. The number of hydrogen-bond acceptors (Lipinski definition) is 6. The SMILES string of the molecule is O=C(c1c(O)cc(O)cc1OCc1ccccc1)N1CCc2ccc(CNC3CCOC3)cc2C1. The summed E-state index contributed by atoms with van der Waals surface area (Å²) in [6, 6.07) is 18.9. The molecule has 3 aromatic carbocycles. The van der Waals surface area contributed by atoms with Crippen LogP contribution in [-0.2, 0) is 30.9 Å². The Bertz CT molecular complexity index is 1190. The van der Waals surface area contributed by atoms with Gasteiger partial charge in [0.15, 0.2) is 0 Å². The van der Waals surface area contributed by atoms with Gasteiger partial charge in [-0.3, -0.25) is 4.79 Å². The standard InChI is InChI=1S/C28H30N2O5/c31-24-13-25(32)27(26(14-24)35-17-19-4-2-1-3-5-19)28(33)30-10-8-21-7-6-20(12-22(21)16-30)15-29-23-9-11-34-18-23/h1-7,12-14,23,29,31-32H,8-11,15-18H2. The Balaban J connectivity index is 1.32. The fraction of sp³-hybridized carbons (Fsp3) is 0.321. The van der Waals surface area contributed by atoms with Crippen molar-refractivity contribution in [3.8, 4) is 17.2 Å². The summed E-state index contributed by atoms with van der Waals surface area (Å²) in [5, 5.41) is 24.1. The molecule has 1 amide bonds. The number of carbonyl (C=O) groups excluding carboxylic acids is 1. The largest absolute Gasteiger partial charge is 0.508 e. The number of nitrogens with zero attached hydrogens (tertiary/aromatic N) is 1. The van der Waals surface area contributed by atoms with Gasteiger partial charge >= 0.3 is 0 Å². The molecule has 1 unspecified atom stereocenters. The first-order chi connectivity index (χ1) is 17.1. The van der Waals surface area contributed by atoms with Crippen LogP contribution in [0, 0.1) is 0 Å². The van der Waals surface area contributed by atoms with Crippen molar-refractivity contribution >= 4 is 5.91 Å². The molecule has 2 aliphatic rings. The first-order valence-corrected chi connectivity index (χ1v) is 12.0. The van der Waals surface area contributed by atoms with Crippen LogP contribution in [0.1, 0.15) is 39.0 Å². The molecule has 1 atom stereocenters. The van der Waals surface area contributed by atoms with E-state index in [0.717, 1.165) is 43.7 Å². The molecule has 35 heavy (non-hydrogen) atoms. The zero-order valence-electron chi connectivity index (χ0n) is 19.6. The molecule has 3 N–H and O–H groups in total. The van der Waals surface area contributed by atoms with E-state index in [-0.39, 0.29) is 35.3 Å². The molecule has 1 saturated heterocycles. The minimum Gasteiger partial charge on any atom is -0.508 e. The predicted molar refractivity (Wildman–Crippen MR) is 131 cm³/mol. The number of carbonyl (C=O) groups is 1. The third-order valence-corrected chi connectivity index (χ3v) is 6.61. The molecule has 182 valence electrons. The number of fused-ring (bicyclic) bond motifs is 1. The van der Waals surface area contributed by atoms with Gasteiger partial charge in [-0.2, -0.15) is 0 Å². The van der Waals surface area contributed by atoms with Gasteiger partial charge in [-0.25, -0.2) is 0 Å². The number of benzene rings is 3. The third-order valence-electron chi connectivity index (χ3n) is 6.61. The van der Waals surface area contributed by atoms with E-state index in [0.29, 0.717) is 19.1 Å². The molecule has 3 aromatic rings. The van der Waals surface area contributed by atoms with E-state index in [9.17, 15) is 15.0 Å². The number of amides is 1. The maximum Gasteiger partial charge on any atom is 0.261 e. The average molecular weight is 475 g/mol. The summed E-state index contributed by atoms with van der Waals surface area (Å²) in [5.74, 6) is -0.599. The molecule has 5 rings (SSSR count). The van der Waals surface area contributed by atoms with Crippen LogP contribution in [0.5, 0.6) is 17.2 Å². The number of phenols is 2. The lowest BCUT2D eigenvalue weighted by molar-refractivity contribution is 0.0726. The summed E-state index contributed by atoms with van der Waals surface area (Å²) in [6.07, 6.45) is 1.77. The van der Waals surface area contributed by atoms with Gasteiger partial charge in [-0.15, -0.1) is 0 Å². The molecular weight excluding hydrogens is 444 g/mol. The van der Waals surface area contributed by atoms with Crippen molar-refractivity contribution in [1.29, 1.82) is 0 Å². The summed E-state index contributed by atoms with van der Waals surface area (Å²) in [4.78, 5) is 15.3. The van der Waals surface area contributed by atoms with Crippen LogP contribution in [0.2, 0.25) is 0 Å². The van der Waals surface area contributed by atoms with E-state index in [1.54, 1.807) is 4.90 Å². The summed E-state index contributed by atoms with van der Waals surface area (Å²) in [6.45, 7) is 3.52. The van der Waals surface area contributed by atoms with E-state index >= 15 is 0 Å². The van der Waals surface area contributed by atoms with Gasteiger partial charge in [-0.05, 0) is 35.1 Å². The molecule has 0 bridgehead atoms. The van der Waals surface area contributed by atoms with Crippen molar-refractivity contribution in [2.75, 3.05) is 19.8 Å². The second kappa shape index (κ2) is 10.4. The van der Waals surface area contributed by atoms with Crippen LogP contribution in [0.15, 0.2) is 60.7 Å². The van der Waals surface area contributed by atoms with Crippen LogP contribution >= 0.6 is 0 Å². The Labute approximate surface area is 204 Å². The first-order valence-electron chi connectivity index (χ1n) is 12.0. The molecule has 0 aromatic heterocycles. The second-order valence-corrected chi connectivity index (χ2v) is 9.13. The minimum atomic E-state index is -0.317. The highest BCUT2D eigenvalue weighted by Crippen LogP contribution is 2.35. The van der Waals surface area contributed by atoms with Crippen LogP contribution in [0.4, 0.5) is 0 Å². The molecule has 2 heterocycles. The second-order valence-electron chi connectivity index (χ2n) is 9.13. The van der Waals surface area contributed by atoms with Crippen molar-refractivity contribution in [2.24, 2.45) is 0 Å². The molecular formula is C28H30N2O5. The average Bonchev–Trinajstić information content (AvgIpc) is 3.39. The normalized spacial score (nSPS) is 17.3. The monoisotopic (exact) mass is 474 g/mol. The van der Waals surface area contributed by atoms with Gasteiger partial charge in [-0.1, -0.05) is 48.5 Å². The third kappa shape index (κ3) is 5.42. The lowest BCUT2D eigenvalue weighted by Crippen LogP contribution is -2.36. The van der Waals surface area contributed by atoms with Crippen molar-refractivity contribution < 1.29 is 24.5 Å². The topological polar surface area (TPSA) is 91.3 Å². The minimum absolute atomic E-state index is 0.0706. The van der Waals surface area contributed by atoms with Gasteiger partial charge in [0.25, 0.3) is 5.91 Å². The molecule has 0 saturated carbocycles. The highest BCUT2D eigenvalue weighted by molar-refractivity contribution is 6.00. The highest BCUT2D eigenvalue weighted by Gasteiger charge is 2.28. The van der Waals surface area contributed by atoms with Crippen molar-refractivity contribution in [1.82, 2.24) is 10.2 Å². The highest BCUT2D eigenvalue weighted by atomic mass is 16.5. The smallest absolute Gasteiger partial charge is 0.261 e. The Morgan fingerprint density at radius 3 is 2.71 bits per heavy atom. The number of phenolic OH excluding ortho intramolecular Hbond substituents is 2. The Morgan fingerprint density at radius 2 is 1.91 bits per heavy atom. The Morgan fingerprint density at radius 1 is 1.06 bits per heavy atom.